The number of aromatic nitrogens is 3. The highest BCUT2D eigenvalue weighted by molar-refractivity contribution is 5.01. The summed E-state index contributed by atoms with van der Waals surface area (Å²) in [7, 11) is 1.95. The number of aryl methyl sites for hydroxylation is 1. The molecule has 0 aromatic carbocycles. The smallest absolute Gasteiger partial charge is 0.153 e. The Morgan fingerprint density at radius 1 is 1.36 bits per heavy atom. The van der Waals surface area contributed by atoms with Crippen LogP contribution in [0.4, 0.5) is 0 Å². The molecule has 0 aliphatic carbocycles. The van der Waals surface area contributed by atoms with E-state index in [4.69, 9.17) is 5.73 Å². The van der Waals surface area contributed by atoms with Gasteiger partial charge in [-0.1, -0.05) is 20.8 Å². The maximum Gasteiger partial charge on any atom is 0.153 e. The lowest BCUT2D eigenvalue weighted by atomic mass is 10.1. The van der Waals surface area contributed by atoms with Crippen molar-refractivity contribution in [1.29, 1.82) is 0 Å². The normalized spacial score (nSPS) is 13.6. The molecule has 0 amide bonds. The molecular formula is C10H20N4. The van der Waals surface area contributed by atoms with Crippen LogP contribution in [0.2, 0.25) is 0 Å². The quantitative estimate of drug-likeness (QED) is 0.791. The van der Waals surface area contributed by atoms with E-state index >= 15 is 0 Å². The van der Waals surface area contributed by atoms with Crippen LogP contribution in [-0.2, 0) is 7.05 Å². The minimum atomic E-state index is 0.389. The zero-order chi connectivity index (χ0) is 10.7. The summed E-state index contributed by atoms with van der Waals surface area (Å²) >= 11 is 0. The maximum atomic E-state index is 5.53. The highest BCUT2D eigenvalue weighted by Crippen LogP contribution is 2.18. The Bertz CT molecular complexity index is 290. The molecule has 0 bridgehead atoms. The number of nitrogens with zero attached hydrogens (tertiary/aromatic N) is 3. The molecule has 2 N–H and O–H groups in total. The van der Waals surface area contributed by atoms with Crippen molar-refractivity contribution in [3.63, 3.8) is 0 Å². The van der Waals surface area contributed by atoms with Crippen LogP contribution in [0.5, 0.6) is 0 Å². The van der Waals surface area contributed by atoms with Crippen LogP contribution in [0.3, 0.4) is 0 Å². The van der Waals surface area contributed by atoms with Crippen LogP contribution in [0.1, 0.15) is 50.7 Å². The average molecular weight is 196 g/mol. The van der Waals surface area contributed by atoms with E-state index in [-0.39, 0.29) is 0 Å². The van der Waals surface area contributed by atoms with Gasteiger partial charge >= 0.3 is 0 Å². The molecule has 4 heteroatoms. The zero-order valence-corrected chi connectivity index (χ0v) is 9.49. The van der Waals surface area contributed by atoms with E-state index in [1.54, 1.807) is 0 Å². The Morgan fingerprint density at radius 3 is 2.43 bits per heavy atom. The van der Waals surface area contributed by atoms with Gasteiger partial charge in [0.2, 0.25) is 0 Å². The second-order valence-corrected chi connectivity index (χ2v) is 4.08. The van der Waals surface area contributed by atoms with E-state index in [0.29, 0.717) is 18.4 Å². The van der Waals surface area contributed by atoms with Crippen molar-refractivity contribution >= 4 is 0 Å². The minimum Gasteiger partial charge on any atom is -0.330 e. The summed E-state index contributed by atoms with van der Waals surface area (Å²) in [6.07, 6.45) is 0.962. The third-order valence-electron chi connectivity index (χ3n) is 2.37. The molecule has 14 heavy (non-hydrogen) atoms. The van der Waals surface area contributed by atoms with E-state index in [1.165, 1.54) is 0 Å². The average Bonchev–Trinajstić information content (AvgIpc) is 2.48. The van der Waals surface area contributed by atoms with Gasteiger partial charge in [-0.05, 0) is 13.0 Å². The zero-order valence-electron chi connectivity index (χ0n) is 9.49. The third-order valence-corrected chi connectivity index (χ3v) is 2.37. The number of hydrogen-bond acceptors (Lipinski definition) is 3. The lowest BCUT2D eigenvalue weighted by Gasteiger charge is -2.07. The molecule has 0 spiro atoms. The van der Waals surface area contributed by atoms with Crippen LogP contribution < -0.4 is 5.73 Å². The summed E-state index contributed by atoms with van der Waals surface area (Å²) in [6.45, 7) is 7.05. The van der Waals surface area contributed by atoms with Gasteiger partial charge in [-0.2, -0.15) is 5.10 Å². The lowest BCUT2D eigenvalue weighted by molar-refractivity contribution is 0.591. The predicted molar refractivity (Wildman–Crippen MR) is 57.2 cm³/mol. The largest absolute Gasteiger partial charge is 0.330 e. The topological polar surface area (TPSA) is 56.7 Å². The van der Waals surface area contributed by atoms with Crippen LogP contribution in [0, 0.1) is 0 Å². The van der Waals surface area contributed by atoms with Crippen molar-refractivity contribution in [2.75, 3.05) is 6.54 Å². The van der Waals surface area contributed by atoms with Gasteiger partial charge in [-0.3, -0.25) is 4.68 Å². The van der Waals surface area contributed by atoms with E-state index in [2.05, 4.69) is 30.9 Å². The van der Waals surface area contributed by atoms with E-state index in [9.17, 15) is 0 Å². The van der Waals surface area contributed by atoms with Crippen molar-refractivity contribution in [1.82, 2.24) is 14.8 Å². The van der Waals surface area contributed by atoms with Gasteiger partial charge in [0.1, 0.15) is 5.82 Å². The second-order valence-electron chi connectivity index (χ2n) is 4.08. The highest BCUT2D eigenvalue weighted by Gasteiger charge is 2.15. The fraction of sp³-hybridized carbons (Fsp3) is 0.800. The molecule has 1 rings (SSSR count). The maximum absolute atomic E-state index is 5.53. The summed E-state index contributed by atoms with van der Waals surface area (Å²) in [6, 6.07) is 0. The van der Waals surface area contributed by atoms with Gasteiger partial charge in [-0.25, -0.2) is 4.98 Å². The van der Waals surface area contributed by atoms with Crippen molar-refractivity contribution < 1.29 is 0 Å². The Balaban J connectivity index is 2.86. The Labute approximate surface area is 85.5 Å². The summed E-state index contributed by atoms with van der Waals surface area (Å²) in [5, 5.41) is 4.38. The van der Waals surface area contributed by atoms with Crippen LogP contribution in [-0.4, -0.2) is 21.3 Å². The summed E-state index contributed by atoms with van der Waals surface area (Å²) in [5.74, 6) is 2.75. The van der Waals surface area contributed by atoms with Crippen LogP contribution in [0.15, 0.2) is 0 Å². The molecule has 1 unspecified atom stereocenters. The summed E-state index contributed by atoms with van der Waals surface area (Å²) < 4.78 is 1.87. The first-order chi connectivity index (χ1) is 6.56. The predicted octanol–water partition coefficient (Wildman–Crippen LogP) is 1.39. The molecule has 0 radical (unpaired) electrons. The molecule has 1 heterocycles. The van der Waals surface area contributed by atoms with Gasteiger partial charge in [0.05, 0.1) is 0 Å². The van der Waals surface area contributed by atoms with Gasteiger partial charge in [-0.15, -0.1) is 0 Å². The fourth-order valence-corrected chi connectivity index (χ4v) is 1.47. The molecule has 0 saturated heterocycles. The van der Waals surface area contributed by atoms with Gasteiger partial charge in [0, 0.05) is 18.9 Å². The Kier molecular flexibility index (Phi) is 3.63. The second kappa shape index (κ2) is 4.55. The lowest BCUT2D eigenvalue weighted by Crippen LogP contribution is -2.09. The van der Waals surface area contributed by atoms with Crippen molar-refractivity contribution in [2.24, 2.45) is 12.8 Å². The van der Waals surface area contributed by atoms with E-state index < -0.39 is 0 Å². The number of nitrogens with two attached hydrogens (primary N) is 1. The van der Waals surface area contributed by atoms with Crippen LogP contribution >= 0.6 is 0 Å². The SMILES string of the molecule is CC(C)c1nc(C(C)CCN)n(C)n1. The van der Waals surface area contributed by atoms with Crippen molar-refractivity contribution in [2.45, 2.75) is 39.0 Å². The summed E-state index contributed by atoms with van der Waals surface area (Å²) in [4.78, 5) is 4.52. The Morgan fingerprint density at radius 2 is 2.00 bits per heavy atom. The first-order valence-corrected chi connectivity index (χ1v) is 5.17. The molecular weight excluding hydrogens is 176 g/mol. The fourth-order valence-electron chi connectivity index (χ4n) is 1.47. The van der Waals surface area contributed by atoms with E-state index in [0.717, 1.165) is 18.1 Å². The molecule has 80 valence electrons. The van der Waals surface area contributed by atoms with Crippen LogP contribution in [0.25, 0.3) is 0 Å². The number of rotatable bonds is 4. The number of hydrogen-bond donors (Lipinski definition) is 1. The molecule has 0 fully saturated rings. The minimum absolute atomic E-state index is 0.389. The monoisotopic (exact) mass is 196 g/mol. The highest BCUT2D eigenvalue weighted by atomic mass is 15.3. The van der Waals surface area contributed by atoms with Crippen molar-refractivity contribution in [3.05, 3.63) is 11.6 Å². The van der Waals surface area contributed by atoms with Gasteiger partial charge < -0.3 is 5.73 Å². The molecule has 0 aliphatic heterocycles. The first-order valence-electron chi connectivity index (χ1n) is 5.17. The van der Waals surface area contributed by atoms with Gasteiger partial charge in [0.15, 0.2) is 5.82 Å². The molecule has 0 aliphatic rings. The summed E-state index contributed by atoms with van der Waals surface area (Å²) in [5.41, 5.74) is 5.53. The molecule has 1 atom stereocenters. The standard InChI is InChI=1S/C10H20N4/c1-7(2)9-12-10(14(4)13-9)8(3)5-6-11/h7-8H,5-6,11H2,1-4H3. The van der Waals surface area contributed by atoms with Crippen molar-refractivity contribution in [3.8, 4) is 0 Å². The van der Waals surface area contributed by atoms with E-state index in [1.807, 2.05) is 11.7 Å². The third kappa shape index (κ3) is 2.32. The molecule has 1 aromatic rings. The first kappa shape index (κ1) is 11.2. The van der Waals surface area contributed by atoms with Gasteiger partial charge in [0.25, 0.3) is 0 Å². The molecule has 4 nitrogen and oxygen atoms in total. The molecule has 1 aromatic heterocycles. The Hall–Kier alpha value is -0.900. The molecule has 0 saturated carbocycles.